The van der Waals surface area contributed by atoms with Crippen LogP contribution in [0.4, 0.5) is 34.3 Å². The Labute approximate surface area is 568 Å². The minimum absolute atomic E-state index is 0. The number of anilines is 2. The first-order chi connectivity index (χ1) is 43.9. The summed E-state index contributed by atoms with van der Waals surface area (Å²) in [4.78, 5) is 88.3. The Morgan fingerprint density at radius 2 is 1.09 bits per heavy atom. The van der Waals surface area contributed by atoms with Gasteiger partial charge < -0.3 is 33.9 Å². The summed E-state index contributed by atoms with van der Waals surface area (Å²) in [6, 6.07) is 27.1. The van der Waals surface area contributed by atoms with E-state index in [1.54, 1.807) is 14.7 Å². The van der Waals surface area contributed by atoms with Crippen LogP contribution in [0.3, 0.4) is 0 Å². The Morgan fingerprint density at radius 1 is 0.649 bits per heavy atom. The minimum atomic E-state index is -2.66. The standard InChI is InChI=1S/C37H41F2N5O4S.C29H35F2N5O2S.C3H3ClO.BrH/c1-6-31(45)42-21-37(22-42)17-26(18-37)44-28-13-12-25(16-27(28)40-34(44)41-33(46)30-15-14-29(49-30)32(38)39)19-43(23(2)36(3,4)5)35(47)48-20-24-10-8-7-9-11-24;1-6-24(37)35-15-29(16-35)12-19(13-29)36-21-8-7-18(14-32-17(2)28(3,4)5)11-20(21)33-27(36)34-26(38)23-10-9-22(39-23)25(30)31;1-2-3(4)5;/h6-16,23,26,32H,1,17-22H2,2-5H3,(H,40,41,46);6-11,17,19,25,32H,1,12-16H2,2-5H3,(H,33,34,38);2H,1H2;1H/t23-;17-;;/m00../s1. The van der Waals surface area contributed by atoms with E-state index in [0.29, 0.717) is 56.2 Å². The van der Waals surface area contributed by atoms with Crippen molar-refractivity contribution in [3.05, 3.63) is 165 Å². The maximum atomic E-state index is 13.5. The lowest BCUT2D eigenvalue weighted by molar-refractivity contribution is -0.148. The zero-order chi connectivity index (χ0) is 67.5. The lowest BCUT2D eigenvalue weighted by Gasteiger charge is -2.59. The Hall–Kier alpha value is -7.51. The second-order valence-corrected chi connectivity index (χ2v) is 29.4. The molecule has 5 amide bonds. The molecule has 2 atom stereocenters. The number of hydrogen-bond donors (Lipinski definition) is 3. The quantitative estimate of drug-likeness (QED) is 0.0399. The number of ether oxygens (including phenoxy) is 1. The highest BCUT2D eigenvalue weighted by molar-refractivity contribution is 8.93. The second-order valence-electron chi connectivity index (χ2n) is 26.8. The van der Waals surface area contributed by atoms with Crippen LogP contribution < -0.4 is 16.0 Å². The topological polar surface area (TPSA) is 193 Å². The zero-order valence-corrected chi connectivity index (χ0v) is 58.0. The molecule has 502 valence electrons. The summed E-state index contributed by atoms with van der Waals surface area (Å²) < 4.78 is 62.5. The van der Waals surface area contributed by atoms with Crippen molar-refractivity contribution < 1.29 is 51.1 Å². The first kappa shape index (κ1) is 72.3. The molecule has 0 radical (unpaired) electrons. The number of amides is 5. The molecule has 17 nitrogen and oxygen atoms in total. The van der Waals surface area contributed by atoms with Crippen LogP contribution in [-0.2, 0) is 38.8 Å². The fraction of sp³-hybridized carbons (Fsp3) is 0.420. The number of hydrogen-bond acceptors (Lipinski definition) is 12. The minimum Gasteiger partial charge on any atom is -0.445 e. The van der Waals surface area contributed by atoms with Crippen molar-refractivity contribution in [2.24, 2.45) is 21.7 Å². The number of aromatic nitrogens is 4. The van der Waals surface area contributed by atoms with E-state index in [0.717, 1.165) is 87.7 Å². The van der Waals surface area contributed by atoms with E-state index >= 15 is 0 Å². The van der Waals surface area contributed by atoms with Crippen molar-refractivity contribution in [3.8, 4) is 0 Å². The number of nitrogens with one attached hydrogen (secondary N) is 3. The zero-order valence-electron chi connectivity index (χ0n) is 53.9. The summed E-state index contributed by atoms with van der Waals surface area (Å²) >= 11 is 6.24. The second kappa shape index (κ2) is 29.6. The van der Waals surface area contributed by atoms with Crippen molar-refractivity contribution in [1.29, 1.82) is 0 Å². The van der Waals surface area contributed by atoms with Gasteiger partial charge in [0.05, 0.1) is 41.6 Å². The van der Waals surface area contributed by atoms with Gasteiger partial charge in [-0.15, -0.1) is 39.7 Å². The summed E-state index contributed by atoms with van der Waals surface area (Å²) in [6.07, 6.45) is 1.34. The molecular weight excluding hydrogens is 1340 g/mol. The van der Waals surface area contributed by atoms with Crippen molar-refractivity contribution in [1.82, 2.24) is 39.1 Å². The molecule has 94 heavy (non-hydrogen) atoms. The van der Waals surface area contributed by atoms with Gasteiger partial charge in [-0.3, -0.25) is 34.6 Å². The molecule has 7 aromatic rings. The number of likely N-dealkylation sites (tertiary alicyclic amines) is 2. The van der Waals surface area contributed by atoms with Crippen LogP contribution in [0, 0.1) is 21.7 Å². The van der Waals surface area contributed by atoms with Crippen molar-refractivity contribution in [2.45, 2.75) is 138 Å². The lowest BCUT2D eigenvalue weighted by Crippen LogP contribution is -2.63. The molecule has 4 aromatic heterocycles. The number of carbonyl (C=O) groups is 6. The smallest absolute Gasteiger partial charge is 0.410 e. The number of imidazole rings is 2. The molecule has 2 saturated carbocycles. The van der Waals surface area contributed by atoms with Crippen molar-refractivity contribution >= 4 is 120 Å². The third-order valence-corrected chi connectivity index (χ3v) is 20.5. The van der Waals surface area contributed by atoms with Gasteiger partial charge in [-0.25, -0.2) is 32.3 Å². The summed E-state index contributed by atoms with van der Waals surface area (Å²) in [5.74, 6) is -0.366. The number of nitrogens with zero attached hydrogens (tertiary/aromatic N) is 7. The third-order valence-electron chi connectivity index (χ3n) is 18.2. The first-order valence-corrected chi connectivity index (χ1v) is 32.7. The van der Waals surface area contributed by atoms with Gasteiger partial charge in [0.25, 0.3) is 24.7 Å². The summed E-state index contributed by atoms with van der Waals surface area (Å²) in [7, 11) is 0. The molecule has 11 rings (SSSR count). The highest BCUT2D eigenvalue weighted by Gasteiger charge is 2.56. The van der Waals surface area contributed by atoms with Gasteiger partial charge in [-0.05, 0) is 145 Å². The van der Waals surface area contributed by atoms with Crippen LogP contribution >= 0.6 is 51.3 Å². The molecule has 2 saturated heterocycles. The molecule has 2 aliphatic heterocycles. The Morgan fingerprint density at radius 3 is 1.48 bits per heavy atom. The van der Waals surface area contributed by atoms with Crippen LogP contribution in [-0.4, -0.2) is 107 Å². The van der Waals surface area contributed by atoms with Gasteiger partial charge in [-0.2, -0.15) is 0 Å². The number of rotatable bonds is 19. The lowest BCUT2D eigenvalue weighted by atomic mass is 9.60. The predicted molar refractivity (Wildman–Crippen MR) is 367 cm³/mol. The maximum absolute atomic E-state index is 13.5. The van der Waals surface area contributed by atoms with Gasteiger partial charge >= 0.3 is 6.09 Å². The molecule has 3 aromatic carbocycles. The highest BCUT2D eigenvalue weighted by atomic mass is 79.9. The van der Waals surface area contributed by atoms with E-state index < -0.39 is 36.0 Å². The predicted octanol–water partition coefficient (Wildman–Crippen LogP) is 15.9. The first-order valence-electron chi connectivity index (χ1n) is 30.7. The molecule has 25 heteroatoms. The van der Waals surface area contributed by atoms with Crippen LogP contribution in [0.2, 0.25) is 0 Å². The van der Waals surface area contributed by atoms with Crippen molar-refractivity contribution in [3.63, 3.8) is 0 Å². The maximum Gasteiger partial charge on any atom is 0.410 e. The molecule has 3 N–H and O–H groups in total. The third kappa shape index (κ3) is 16.6. The van der Waals surface area contributed by atoms with E-state index in [1.807, 2.05) is 72.2 Å². The van der Waals surface area contributed by atoms with Gasteiger partial charge in [-0.1, -0.05) is 104 Å². The van der Waals surface area contributed by atoms with Gasteiger partial charge in [0, 0.05) is 74.3 Å². The number of benzene rings is 3. The van der Waals surface area contributed by atoms with E-state index in [9.17, 15) is 46.3 Å². The normalized spacial score (nSPS) is 16.2. The number of thiophene rings is 2. The fourth-order valence-electron chi connectivity index (χ4n) is 12.2. The number of carbonyl (C=O) groups excluding carboxylic acids is 6. The van der Waals surface area contributed by atoms with Gasteiger partial charge in [0.2, 0.25) is 29.0 Å². The van der Waals surface area contributed by atoms with Gasteiger partial charge in [0.15, 0.2) is 0 Å². The Kier molecular flexibility index (Phi) is 22.8. The fourth-order valence-corrected chi connectivity index (χ4v) is 13.7. The van der Waals surface area contributed by atoms with E-state index in [4.69, 9.17) is 26.3 Å². The molecule has 0 bridgehead atoms. The molecular formula is C69H80BrClF4N10O7S2. The van der Waals surface area contributed by atoms with Crippen LogP contribution in [0.1, 0.15) is 152 Å². The average molecular weight is 1420 g/mol. The molecule has 2 aliphatic carbocycles. The summed E-state index contributed by atoms with van der Waals surface area (Å²) in [5.41, 5.74) is 5.92. The summed E-state index contributed by atoms with van der Waals surface area (Å²) in [5, 5.41) is 8.84. The highest BCUT2D eigenvalue weighted by Crippen LogP contribution is 2.57. The molecule has 2 spiro atoms. The van der Waals surface area contributed by atoms with E-state index in [2.05, 4.69) is 94.8 Å². The van der Waals surface area contributed by atoms with E-state index in [-0.39, 0.29) is 101 Å². The molecule has 0 unspecified atom stereocenters. The monoisotopic (exact) mass is 1410 g/mol. The Bertz CT molecular complexity index is 3940. The largest absolute Gasteiger partial charge is 0.445 e. The molecule has 4 fully saturated rings. The number of fused-ring (bicyclic) bond motifs is 2. The molecule has 6 heterocycles. The SMILES string of the molecule is Br.C=CC(=O)Cl.C=CC(=O)N1CC2(CC(n3c(NC(=O)c4ccc(C(F)F)s4)nc4cc(CN(C(=O)OCc5ccccc5)[C@@H](C)C(C)(C)C)ccc43)C2)C1.C=CC(=O)N1CC2(CC(n3c(NC(=O)c4ccc(C(F)F)s4)nc4cc(CN[C@@H](C)C(C)(C)C)ccc43)C2)C1. The Balaban J connectivity index is 0.000000227. The van der Waals surface area contributed by atoms with Crippen LogP contribution in [0.5, 0.6) is 0 Å². The number of halogens is 6. The average Bonchev–Trinajstić information content (AvgIpc) is 1.23. The van der Waals surface area contributed by atoms with Crippen molar-refractivity contribution in [2.75, 3.05) is 36.8 Å². The molecule has 4 aliphatic rings. The summed E-state index contributed by atoms with van der Waals surface area (Å²) in [6.45, 7) is 31.1. The van der Waals surface area contributed by atoms with Gasteiger partial charge in [0.1, 0.15) is 6.61 Å². The van der Waals surface area contributed by atoms with Crippen LogP contribution in [0.25, 0.3) is 22.1 Å². The number of allylic oxidation sites excluding steroid dienone is 1. The van der Waals surface area contributed by atoms with Crippen LogP contribution in [0.15, 0.2) is 129 Å². The van der Waals surface area contributed by atoms with E-state index in [1.165, 1.54) is 36.4 Å². The number of alkyl halides is 4.